The van der Waals surface area contributed by atoms with Crippen LogP contribution in [0, 0.1) is 5.82 Å². The zero-order valence-electron chi connectivity index (χ0n) is 21.5. The van der Waals surface area contributed by atoms with Gasteiger partial charge in [0, 0.05) is 41.3 Å². The highest BCUT2D eigenvalue weighted by molar-refractivity contribution is 6.35. The molecule has 0 spiro atoms. The van der Waals surface area contributed by atoms with Gasteiger partial charge in [0.1, 0.15) is 29.1 Å². The predicted octanol–water partition coefficient (Wildman–Crippen LogP) is 4.77. The minimum absolute atomic E-state index is 0.00297. The van der Waals surface area contributed by atoms with Crippen molar-refractivity contribution in [2.24, 2.45) is 5.73 Å². The lowest BCUT2D eigenvalue weighted by Gasteiger charge is -2.23. The molecule has 0 bridgehead atoms. The highest BCUT2D eigenvalue weighted by Crippen LogP contribution is 2.44. The molecule has 0 unspecified atom stereocenters. The van der Waals surface area contributed by atoms with Gasteiger partial charge in [0.05, 0.1) is 33.3 Å². The lowest BCUT2D eigenvalue weighted by molar-refractivity contribution is -0.821. The second-order valence-corrected chi connectivity index (χ2v) is 9.27. The Kier molecular flexibility index (Phi) is 7.79. The van der Waals surface area contributed by atoms with E-state index in [1.165, 1.54) is 51.0 Å². The molecule has 4 aromatic rings. The van der Waals surface area contributed by atoms with Gasteiger partial charge in [0.2, 0.25) is 0 Å². The van der Waals surface area contributed by atoms with Crippen molar-refractivity contribution in [1.29, 1.82) is 0 Å². The summed E-state index contributed by atoms with van der Waals surface area (Å²) in [4.78, 5) is 37.0. The lowest BCUT2D eigenvalue weighted by atomic mass is 10.0. The predicted molar refractivity (Wildman–Crippen MR) is 142 cm³/mol. The van der Waals surface area contributed by atoms with Crippen molar-refractivity contribution in [2.75, 3.05) is 33.6 Å². The fraction of sp³-hybridized carbons (Fsp3) is 0.192. The van der Waals surface area contributed by atoms with E-state index in [2.05, 4.69) is 20.3 Å². The van der Waals surface area contributed by atoms with Crippen LogP contribution in [0.5, 0.6) is 17.2 Å². The van der Waals surface area contributed by atoms with Crippen LogP contribution in [0.15, 0.2) is 48.9 Å². The topological polar surface area (TPSA) is 139 Å². The third-order valence-corrected chi connectivity index (χ3v) is 6.24. The summed E-state index contributed by atoms with van der Waals surface area (Å²) >= 11 is 6.46. The SMILES string of the molecule is COc1cc(OC)c(Cl)c(-c2ccc(OC(=O)Nc3ccc(C[N+](C)(C)C(N)=O)cn3)c3nccnc23)c1F. The number of quaternary nitrogens is 1. The summed E-state index contributed by atoms with van der Waals surface area (Å²) in [5.74, 6) is -0.287. The quantitative estimate of drug-likeness (QED) is 0.311. The normalized spacial score (nSPS) is 11.2. The summed E-state index contributed by atoms with van der Waals surface area (Å²) in [5.41, 5.74) is 6.86. The van der Waals surface area contributed by atoms with Gasteiger partial charge in [-0.1, -0.05) is 11.6 Å². The van der Waals surface area contributed by atoms with Crippen LogP contribution in [0.4, 0.5) is 19.8 Å². The number of nitrogens with two attached hydrogens (primary N) is 1. The molecule has 2 heterocycles. The van der Waals surface area contributed by atoms with Gasteiger partial charge in [-0.15, -0.1) is 0 Å². The van der Waals surface area contributed by atoms with E-state index in [1.54, 1.807) is 26.2 Å². The highest BCUT2D eigenvalue weighted by Gasteiger charge is 2.25. The maximum absolute atomic E-state index is 15.3. The fourth-order valence-electron chi connectivity index (χ4n) is 3.79. The molecule has 0 aliphatic rings. The number of aromatic nitrogens is 3. The number of urea groups is 1. The van der Waals surface area contributed by atoms with E-state index in [-0.39, 0.29) is 49.2 Å². The molecule has 3 amide bonds. The Hall–Kier alpha value is -4.55. The molecule has 11 nitrogen and oxygen atoms in total. The second kappa shape index (κ2) is 11.1. The van der Waals surface area contributed by atoms with Gasteiger partial charge in [-0.25, -0.2) is 28.4 Å². The first-order valence-corrected chi connectivity index (χ1v) is 11.8. The number of benzene rings is 2. The van der Waals surface area contributed by atoms with Gasteiger partial charge in [0.25, 0.3) is 0 Å². The van der Waals surface area contributed by atoms with E-state index in [0.717, 1.165) is 5.56 Å². The van der Waals surface area contributed by atoms with Crippen LogP contribution in [-0.2, 0) is 6.54 Å². The van der Waals surface area contributed by atoms with Crippen molar-refractivity contribution in [2.45, 2.75) is 6.54 Å². The summed E-state index contributed by atoms with van der Waals surface area (Å²) in [6.07, 6.45) is 3.51. The zero-order chi connectivity index (χ0) is 28.3. The lowest BCUT2D eigenvalue weighted by Crippen LogP contribution is -2.48. The molecule has 202 valence electrons. The number of carbonyl (C=O) groups excluding carboxylic acids is 2. The molecule has 0 saturated heterocycles. The van der Waals surface area contributed by atoms with Gasteiger partial charge in [-0.3, -0.25) is 10.3 Å². The highest BCUT2D eigenvalue weighted by atomic mass is 35.5. The fourth-order valence-corrected chi connectivity index (χ4v) is 4.11. The summed E-state index contributed by atoms with van der Waals surface area (Å²) in [5, 5.41) is 2.55. The zero-order valence-corrected chi connectivity index (χ0v) is 22.2. The van der Waals surface area contributed by atoms with Crippen molar-refractivity contribution in [3.05, 3.63) is 65.3 Å². The summed E-state index contributed by atoms with van der Waals surface area (Å²) in [6.45, 7) is 0.327. The van der Waals surface area contributed by atoms with Gasteiger partial charge >= 0.3 is 12.1 Å². The first-order chi connectivity index (χ1) is 18.6. The van der Waals surface area contributed by atoms with E-state index >= 15 is 4.39 Å². The number of nitrogens with one attached hydrogen (secondary N) is 1. The number of anilines is 1. The number of halogens is 2. The molecule has 3 N–H and O–H groups in total. The molecular weight excluding hydrogens is 531 g/mol. The number of fused-ring (bicyclic) bond motifs is 1. The van der Waals surface area contributed by atoms with Crippen molar-refractivity contribution in [3.8, 4) is 28.4 Å². The molecule has 13 heteroatoms. The first-order valence-electron chi connectivity index (χ1n) is 11.5. The number of nitrogens with zero attached hydrogens (tertiary/aromatic N) is 4. The maximum atomic E-state index is 15.3. The van der Waals surface area contributed by atoms with Gasteiger partial charge in [0.15, 0.2) is 17.3 Å². The summed E-state index contributed by atoms with van der Waals surface area (Å²) in [6, 6.07) is 7.09. The number of rotatable bonds is 7. The molecule has 0 aliphatic carbocycles. The number of amides is 3. The molecule has 0 radical (unpaired) electrons. The molecule has 0 aliphatic heterocycles. The van der Waals surface area contributed by atoms with E-state index in [9.17, 15) is 9.59 Å². The Bertz CT molecular complexity index is 1540. The van der Waals surface area contributed by atoms with Crippen LogP contribution in [0.3, 0.4) is 0 Å². The van der Waals surface area contributed by atoms with Crippen molar-refractivity contribution in [1.82, 2.24) is 15.0 Å². The third-order valence-electron chi connectivity index (χ3n) is 5.86. The van der Waals surface area contributed by atoms with Crippen molar-refractivity contribution < 1.29 is 32.7 Å². The molecule has 39 heavy (non-hydrogen) atoms. The molecular formula is C26H25ClFN6O5+. The number of ether oxygens (including phenoxy) is 3. The number of carbonyl (C=O) groups is 2. The Morgan fingerprint density at radius 1 is 1.00 bits per heavy atom. The molecule has 0 saturated carbocycles. The van der Waals surface area contributed by atoms with E-state index in [4.69, 9.17) is 31.5 Å². The number of hydrogen-bond donors (Lipinski definition) is 2. The standard InChI is InChI=1S/C26H24ClFN6O5/c1-34(2,25(29)35)13-14-5-8-19(32-12-14)33-26(36)39-16-7-6-15(23-24(16)31-10-9-30-23)20-21(27)17(37-3)11-18(38-4)22(20)28/h5-12H,13H2,1-4H3,(H2-,29,32,33,35,36)/p+1. The monoisotopic (exact) mass is 555 g/mol. The molecule has 2 aromatic carbocycles. The Morgan fingerprint density at radius 3 is 2.31 bits per heavy atom. The van der Waals surface area contributed by atoms with Gasteiger partial charge in [-0.05, 0) is 24.3 Å². The average molecular weight is 556 g/mol. The minimum atomic E-state index is -0.838. The van der Waals surface area contributed by atoms with E-state index in [0.29, 0.717) is 12.1 Å². The summed E-state index contributed by atoms with van der Waals surface area (Å²) < 4.78 is 31.2. The van der Waals surface area contributed by atoms with Crippen LogP contribution >= 0.6 is 11.6 Å². The molecule has 2 aromatic heterocycles. The van der Waals surface area contributed by atoms with Gasteiger partial charge < -0.3 is 19.9 Å². The molecule has 0 atom stereocenters. The van der Waals surface area contributed by atoms with Crippen LogP contribution in [0.25, 0.3) is 22.2 Å². The van der Waals surface area contributed by atoms with Crippen molar-refractivity contribution in [3.63, 3.8) is 0 Å². The van der Waals surface area contributed by atoms with E-state index in [1.807, 2.05) is 0 Å². The number of primary amides is 1. The number of methoxy groups -OCH3 is 2. The second-order valence-electron chi connectivity index (χ2n) is 8.90. The van der Waals surface area contributed by atoms with Crippen LogP contribution < -0.4 is 25.3 Å². The van der Waals surface area contributed by atoms with Crippen LogP contribution in [0.2, 0.25) is 5.02 Å². The number of hydrogen-bond acceptors (Lipinski definition) is 8. The van der Waals surface area contributed by atoms with Crippen molar-refractivity contribution >= 4 is 40.6 Å². The Balaban J connectivity index is 1.61. The average Bonchev–Trinajstić information content (AvgIpc) is 2.91. The smallest absolute Gasteiger partial charge is 0.418 e. The Labute approximate surface area is 227 Å². The third kappa shape index (κ3) is 5.66. The van der Waals surface area contributed by atoms with Gasteiger partial charge in [-0.2, -0.15) is 0 Å². The number of pyridine rings is 1. The summed E-state index contributed by atoms with van der Waals surface area (Å²) in [7, 11) is 6.08. The minimum Gasteiger partial charge on any atom is -0.495 e. The molecule has 4 rings (SSSR count). The Morgan fingerprint density at radius 2 is 1.69 bits per heavy atom. The van der Waals surface area contributed by atoms with E-state index < -0.39 is 17.9 Å². The maximum Gasteiger partial charge on any atom is 0.418 e. The van der Waals surface area contributed by atoms with Crippen LogP contribution in [0.1, 0.15) is 5.56 Å². The molecule has 0 fully saturated rings. The largest absolute Gasteiger partial charge is 0.495 e. The van der Waals surface area contributed by atoms with Crippen LogP contribution in [-0.4, -0.2) is 59.9 Å². The first kappa shape index (κ1) is 27.5.